The molecule has 1 aliphatic heterocycles. The molecule has 1 amide bonds. The number of likely N-dealkylation sites (tertiary alicyclic amines) is 1. The molecule has 0 spiro atoms. The Labute approximate surface area is 165 Å². The molecule has 1 fully saturated rings. The molecule has 0 unspecified atom stereocenters. The Morgan fingerprint density at radius 3 is 2.55 bits per heavy atom. The maximum atomic E-state index is 14.9. The van der Waals surface area contributed by atoms with Crippen LogP contribution in [0.15, 0.2) is 48.9 Å². The molecule has 1 saturated heterocycles. The molecule has 6 nitrogen and oxygen atoms in total. The lowest BCUT2D eigenvalue weighted by Gasteiger charge is -2.32. The number of carbonyl (C=O) groups is 1. The van der Waals surface area contributed by atoms with E-state index in [9.17, 15) is 9.18 Å². The predicted molar refractivity (Wildman–Crippen MR) is 107 cm³/mol. The van der Waals surface area contributed by atoms with Gasteiger partial charge in [0.25, 0.3) is 5.91 Å². The summed E-state index contributed by atoms with van der Waals surface area (Å²) in [6, 6.07) is 11.2. The number of imidazole rings is 1. The summed E-state index contributed by atoms with van der Waals surface area (Å²) < 4.78 is 16.6. The van der Waals surface area contributed by atoms with Crippen LogP contribution in [0.5, 0.6) is 0 Å². The zero-order valence-corrected chi connectivity index (χ0v) is 15.5. The van der Waals surface area contributed by atoms with E-state index in [1.807, 2.05) is 12.1 Å². The van der Waals surface area contributed by atoms with Gasteiger partial charge in [0.2, 0.25) is 0 Å². The van der Waals surface area contributed by atoms with Gasteiger partial charge < -0.3 is 10.6 Å². The van der Waals surface area contributed by atoms with Gasteiger partial charge in [-0.3, -0.25) is 9.20 Å². The number of halogens is 1. The highest BCUT2D eigenvalue weighted by molar-refractivity contribution is 5.98. The summed E-state index contributed by atoms with van der Waals surface area (Å²) >= 11 is 0. The summed E-state index contributed by atoms with van der Waals surface area (Å²) in [6.07, 6.45) is 4.26. The van der Waals surface area contributed by atoms with Crippen molar-refractivity contribution in [1.82, 2.24) is 19.3 Å². The topological polar surface area (TPSA) is 76.5 Å². The van der Waals surface area contributed by atoms with Crippen LogP contribution in [0, 0.1) is 5.82 Å². The maximum Gasteiger partial charge on any atom is 0.256 e. The molecular formula is C22H18FN5O. The quantitative estimate of drug-likeness (QED) is 0.544. The van der Waals surface area contributed by atoms with Crippen molar-refractivity contribution in [3.05, 3.63) is 71.4 Å². The standard InChI is InChI=1S/C22H18FN5O/c23-17-7-18-19(28-11-25-8-20(28)21(24)26-18)6-16(17)22(29)27-9-12-5-13(10-27)15-4-2-1-3-14(12)15/h1-4,6-8,11-13H,5,9-10H2,(H2,24,26)/t12-,13+. The molecule has 144 valence electrons. The molecule has 0 radical (unpaired) electrons. The molecule has 2 aromatic heterocycles. The number of nitrogens with zero attached hydrogens (tertiary/aromatic N) is 4. The van der Waals surface area contributed by atoms with Crippen LogP contribution in [-0.4, -0.2) is 38.3 Å². The molecule has 2 N–H and O–H groups in total. The fraction of sp³-hybridized carbons (Fsp3) is 0.227. The van der Waals surface area contributed by atoms with E-state index in [1.54, 1.807) is 27.9 Å². The lowest BCUT2D eigenvalue weighted by atomic mass is 9.95. The third kappa shape index (κ3) is 2.30. The first kappa shape index (κ1) is 16.5. The van der Waals surface area contributed by atoms with E-state index in [2.05, 4.69) is 22.1 Å². The zero-order chi connectivity index (χ0) is 19.7. The van der Waals surface area contributed by atoms with Crippen LogP contribution in [0.3, 0.4) is 0 Å². The average Bonchev–Trinajstić information content (AvgIpc) is 3.32. The number of fused-ring (bicyclic) bond motifs is 8. The number of nitrogens with two attached hydrogens (primary N) is 1. The van der Waals surface area contributed by atoms with Crippen molar-refractivity contribution in [2.45, 2.75) is 18.3 Å². The van der Waals surface area contributed by atoms with E-state index in [-0.39, 0.29) is 17.3 Å². The number of nitrogen functional groups attached to an aromatic ring is 1. The minimum Gasteiger partial charge on any atom is -0.382 e. The number of piperidine rings is 1. The predicted octanol–water partition coefficient (Wildman–Crippen LogP) is 3.33. The smallest absolute Gasteiger partial charge is 0.256 e. The van der Waals surface area contributed by atoms with Gasteiger partial charge in [0.15, 0.2) is 0 Å². The van der Waals surface area contributed by atoms with Gasteiger partial charge in [0.05, 0.1) is 29.1 Å². The molecule has 0 saturated carbocycles. The van der Waals surface area contributed by atoms with Crippen LogP contribution in [0.1, 0.15) is 39.7 Å². The van der Waals surface area contributed by atoms with E-state index in [0.29, 0.717) is 41.5 Å². The van der Waals surface area contributed by atoms with Gasteiger partial charge in [0, 0.05) is 31.0 Å². The fourth-order valence-corrected chi connectivity index (χ4v) is 5.00. The average molecular weight is 387 g/mol. The van der Waals surface area contributed by atoms with Crippen LogP contribution >= 0.6 is 0 Å². The molecule has 2 aromatic carbocycles. The van der Waals surface area contributed by atoms with Gasteiger partial charge >= 0.3 is 0 Å². The first-order chi connectivity index (χ1) is 14.1. The second kappa shape index (κ2) is 5.76. The molecule has 29 heavy (non-hydrogen) atoms. The normalized spacial score (nSPS) is 20.4. The van der Waals surface area contributed by atoms with Crippen molar-refractivity contribution in [3.63, 3.8) is 0 Å². The molecular weight excluding hydrogens is 369 g/mol. The minimum absolute atomic E-state index is 0.0597. The van der Waals surface area contributed by atoms with E-state index < -0.39 is 5.82 Å². The molecule has 7 heteroatoms. The molecule has 2 aliphatic rings. The zero-order valence-electron chi connectivity index (χ0n) is 15.5. The van der Waals surface area contributed by atoms with E-state index in [0.717, 1.165) is 6.42 Å². The lowest BCUT2D eigenvalue weighted by molar-refractivity contribution is 0.0697. The van der Waals surface area contributed by atoms with Gasteiger partial charge in [0.1, 0.15) is 17.2 Å². The van der Waals surface area contributed by atoms with Gasteiger partial charge in [-0.1, -0.05) is 24.3 Å². The van der Waals surface area contributed by atoms with Crippen LogP contribution in [0.4, 0.5) is 10.2 Å². The van der Waals surface area contributed by atoms with Crippen molar-refractivity contribution < 1.29 is 9.18 Å². The van der Waals surface area contributed by atoms with Crippen molar-refractivity contribution >= 4 is 28.3 Å². The summed E-state index contributed by atoms with van der Waals surface area (Å²) in [5.41, 5.74) is 10.3. The van der Waals surface area contributed by atoms with Crippen molar-refractivity contribution in [3.8, 4) is 0 Å². The number of benzene rings is 2. The second-order valence-electron chi connectivity index (χ2n) is 7.94. The lowest BCUT2D eigenvalue weighted by Crippen LogP contribution is -2.40. The van der Waals surface area contributed by atoms with Gasteiger partial charge in [-0.05, 0) is 23.6 Å². The first-order valence-corrected chi connectivity index (χ1v) is 9.69. The SMILES string of the molecule is Nc1nc2cc(F)c(C(=O)N3C[C@H]4C[C@@H](C3)c3ccccc34)cc2n2cncc12. The summed E-state index contributed by atoms with van der Waals surface area (Å²) in [5.74, 6) is 0.0543. The molecule has 2 bridgehead atoms. The molecule has 6 rings (SSSR count). The number of anilines is 1. The summed E-state index contributed by atoms with van der Waals surface area (Å²) in [5, 5.41) is 0. The number of amides is 1. The minimum atomic E-state index is -0.579. The highest BCUT2D eigenvalue weighted by atomic mass is 19.1. The van der Waals surface area contributed by atoms with Gasteiger partial charge in [-0.15, -0.1) is 0 Å². The highest BCUT2D eigenvalue weighted by Crippen LogP contribution is 2.46. The Kier molecular flexibility index (Phi) is 3.27. The Hall–Kier alpha value is -3.48. The maximum absolute atomic E-state index is 14.9. The number of carbonyl (C=O) groups excluding carboxylic acids is 1. The highest BCUT2D eigenvalue weighted by Gasteiger charge is 2.39. The number of hydrogen-bond acceptors (Lipinski definition) is 4. The number of hydrogen-bond donors (Lipinski definition) is 1. The van der Waals surface area contributed by atoms with Crippen molar-refractivity contribution in [1.29, 1.82) is 0 Å². The van der Waals surface area contributed by atoms with Crippen LogP contribution in [0.2, 0.25) is 0 Å². The van der Waals surface area contributed by atoms with Crippen molar-refractivity contribution in [2.75, 3.05) is 18.8 Å². The molecule has 2 atom stereocenters. The Morgan fingerprint density at radius 1 is 1.10 bits per heavy atom. The Morgan fingerprint density at radius 2 is 1.83 bits per heavy atom. The third-order valence-electron chi connectivity index (χ3n) is 6.31. The summed E-state index contributed by atoms with van der Waals surface area (Å²) in [7, 11) is 0. The number of aromatic nitrogens is 3. The largest absolute Gasteiger partial charge is 0.382 e. The third-order valence-corrected chi connectivity index (χ3v) is 6.31. The van der Waals surface area contributed by atoms with Crippen LogP contribution in [-0.2, 0) is 0 Å². The van der Waals surface area contributed by atoms with E-state index in [1.165, 1.54) is 17.2 Å². The fourth-order valence-electron chi connectivity index (χ4n) is 5.00. The first-order valence-electron chi connectivity index (χ1n) is 9.69. The van der Waals surface area contributed by atoms with E-state index in [4.69, 9.17) is 5.73 Å². The van der Waals surface area contributed by atoms with Crippen molar-refractivity contribution in [2.24, 2.45) is 0 Å². The summed E-state index contributed by atoms with van der Waals surface area (Å²) in [6.45, 7) is 1.23. The van der Waals surface area contributed by atoms with Crippen LogP contribution in [0.25, 0.3) is 16.6 Å². The van der Waals surface area contributed by atoms with Gasteiger partial charge in [-0.2, -0.15) is 0 Å². The monoisotopic (exact) mass is 387 g/mol. The molecule has 4 aromatic rings. The number of rotatable bonds is 1. The summed E-state index contributed by atoms with van der Waals surface area (Å²) in [4.78, 5) is 23.4. The van der Waals surface area contributed by atoms with E-state index >= 15 is 0 Å². The second-order valence-corrected chi connectivity index (χ2v) is 7.94. The molecule has 3 heterocycles. The van der Waals surface area contributed by atoms with Crippen LogP contribution < -0.4 is 5.73 Å². The Balaban J connectivity index is 1.42. The van der Waals surface area contributed by atoms with Gasteiger partial charge in [-0.25, -0.2) is 14.4 Å². The molecule has 1 aliphatic carbocycles. The Bertz CT molecular complexity index is 1280.